The lowest BCUT2D eigenvalue weighted by atomic mass is 9.92. The SMILES string of the molecule is CCOc1c(Br)cc(Cl)cc1NC1CCC(C)(C)C1. The van der Waals surface area contributed by atoms with E-state index in [1.165, 1.54) is 19.3 Å². The number of halogens is 2. The fraction of sp³-hybridized carbons (Fsp3) is 0.600. The van der Waals surface area contributed by atoms with Gasteiger partial charge in [-0.15, -0.1) is 0 Å². The van der Waals surface area contributed by atoms with Crippen LogP contribution in [0, 0.1) is 5.41 Å². The minimum absolute atomic E-state index is 0.430. The summed E-state index contributed by atoms with van der Waals surface area (Å²) >= 11 is 9.66. The lowest BCUT2D eigenvalue weighted by molar-refractivity contribution is 0.339. The van der Waals surface area contributed by atoms with E-state index in [2.05, 4.69) is 35.1 Å². The van der Waals surface area contributed by atoms with E-state index in [-0.39, 0.29) is 0 Å². The second-order valence-electron chi connectivity index (χ2n) is 5.95. The Kier molecular flexibility index (Phi) is 4.67. The molecule has 1 fully saturated rings. The van der Waals surface area contributed by atoms with Crippen molar-refractivity contribution in [1.82, 2.24) is 0 Å². The van der Waals surface area contributed by atoms with Gasteiger partial charge in [0.15, 0.2) is 5.75 Å². The molecule has 0 heterocycles. The molecule has 0 aromatic heterocycles. The van der Waals surface area contributed by atoms with Gasteiger partial charge < -0.3 is 10.1 Å². The van der Waals surface area contributed by atoms with Crippen LogP contribution in [0.4, 0.5) is 5.69 Å². The molecule has 0 amide bonds. The maximum atomic E-state index is 6.14. The quantitative estimate of drug-likeness (QED) is 0.778. The number of benzene rings is 1. The molecule has 1 aliphatic rings. The van der Waals surface area contributed by atoms with Gasteiger partial charge in [0.2, 0.25) is 0 Å². The fourth-order valence-electron chi connectivity index (χ4n) is 2.74. The maximum absolute atomic E-state index is 6.14. The topological polar surface area (TPSA) is 21.3 Å². The van der Waals surface area contributed by atoms with Crippen molar-refractivity contribution < 1.29 is 4.74 Å². The highest BCUT2D eigenvalue weighted by Crippen LogP contribution is 2.42. The largest absolute Gasteiger partial charge is 0.491 e. The third-order valence-electron chi connectivity index (χ3n) is 3.63. The summed E-state index contributed by atoms with van der Waals surface area (Å²) in [5.74, 6) is 0.858. The third kappa shape index (κ3) is 3.79. The third-order valence-corrected chi connectivity index (χ3v) is 4.43. The van der Waals surface area contributed by atoms with Crippen LogP contribution in [-0.4, -0.2) is 12.6 Å². The van der Waals surface area contributed by atoms with Gasteiger partial charge in [-0.1, -0.05) is 25.4 Å². The fourth-order valence-corrected chi connectivity index (χ4v) is 3.66. The number of hydrogen-bond acceptors (Lipinski definition) is 2. The molecule has 4 heteroatoms. The molecule has 0 bridgehead atoms. The van der Waals surface area contributed by atoms with E-state index in [1.807, 2.05) is 19.1 Å². The van der Waals surface area contributed by atoms with Crippen molar-refractivity contribution >= 4 is 33.2 Å². The minimum Gasteiger partial charge on any atom is -0.491 e. The number of rotatable bonds is 4. The van der Waals surface area contributed by atoms with E-state index >= 15 is 0 Å². The zero-order valence-electron chi connectivity index (χ0n) is 11.7. The van der Waals surface area contributed by atoms with E-state index in [9.17, 15) is 0 Å². The van der Waals surface area contributed by atoms with Crippen molar-refractivity contribution in [1.29, 1.82) is 0 Å². The monoisotopic (exact) mass is 345 g/mol. The van der Waals surface area contributed by atoms with Gasteiger partial charge >= 0.3 is 0 Å². The first kappa shape index (κ1) is 15.0. The molecule has 2 nitrogen and oxygen atoms in total. The highest BCUT2D eigenvalue weighted by molar-refractivity contribution is 9.10. The molecule has 0 aliphatic heterocycles. The van der Waals surface area contributed by atoms with E-state index in [4.69, 9.17) is 16.3 Å². The van der Waals surface area contributed by atoms with E-state index < -0.39 is 0 Å². The molecule has 1 unspecified atom stereocenters. The average Bonchev–Trinajstić information content (AvgIpc) is 2.63. The Morgan fingerprint density at radius 2 is 2.21 bits per heavy atom. The lowest BCUT2D eigenvalue weighted by Crippen LogP contribution is -2.18. The molecule has 0 radical (unpaired) electrons. The summed E-state index contributed by atoms with van der Waals surface area (Å²) in [6.45, 7) is 7.28. The van der Waals surface area contributed by atoms with Crippen molar-refractivity contribution in [3.63, 3.8) is 0 Å². The molecule has 1 saturated carbocycles. The summed E-state index contributed by atoms with van der Waals surface area (Å²) in [4.78, 5) is 0. The molecule has 1 aromatic rings. The molecule has 1 aromatic carbocycles. The Bertz CT molecular complexity index is 462. The van der Waals surface area contributed by atoms with Crippen LogP contribution < -0.4 is 10.1 Å². The lowest BCUT2D eigenvalue weighted by Gasteiger charge is -2.21. The molecule has 19 heavy (non-hydrogen) atoms. The predicted octanol–water partition coefficient (Wildman–Crippen LogP) is 5.49. The summed E-state index contributed by atoms with van der Waals surface area (Å²) in [6, 6.07) is 4.32. The number of hydrogen-bond donors (Lipinski definition) is 1. The van der Waals surface area contributed by atoms with Crippen LogP contribution in [0.1, 0.15) is 40.0 Å². The molecule has 2 rings (SSSR count). The van der Waals surface area contributed by atoms with Gasteiger partial charge in [-0.2, -0.15) is 0 Å². The Labute approximate surface area is 129 Å². The Balaban J connectivity index is 2.19. The number of nitrogens with one attached hydrogen (secondary N) is 1. The zero-order valence-corrected chi connectivity index (χ0v) is 14.1. The summed E-state index contributed by atoms with van der Waals surface area (Å²) in [5.41, 5.74) is 1.42. The molecular weight excluding hydrogens is 326 g/mol. The van der Waals surface area contributed by atoms with E-state index in [1.54, 1.807) is 0 Å². The Morgan fingerprint density at radius 1 is 1.47 bits per heavy atom. The highest BCUT2D eigenvalue weighted by Gasteiger charge is 2.31. The van der Waals surface area contributed by atoms with E-state index in [0.717, 1.165) is 20.9 Å². The van der Waals surface area contributed by atoms with Crippen LogP contribution in [0.25, 0.3) is 0 Å². The van der Waals surface area contributed by atoms with Crippen molar-refractivity contribution in [2.24, 2.45) is 5.41 Å². The summed E-state index contributed by atoms with van der Waals surface area (Å²) in [6.07, 6.45) is 3.64. The van der Waals surface area contributed by atoms with Crippen molar-refractivity contribution in [3.8, 4) is 5.75 Å². The Hall–Kier alpha value is -0.410. The van der Waals surface area contributed by atoms with Crippen LogP contribution in [0.15, 0.2) is 16.6 Å². The normalized spacial score (nSPS) is 21.4. The summed E-state index contributed by atoms with van der Waals surface area (Å²) in [5, 5.41) is 4.31. The Morgan fingerprint density at radius 3 is 2.79 bits per heavy atom. The first-order valence-corrected chi connectivity index (χ1v) is 7.97. The molecule has 1 aliphatic carbocycles. The average molecular weight is 347 g/mol. The smallest absolute Gasteiger partial charge is 0.156 e. The molecule has 1 atom stereocenters. The minimum atomic E-state index is 0.430. The summed E-state index contributed by atoms with van der Waals surface area (Å²) < 4.78 is 6.62. The van der Waals surface area contributed by atoms with Gasteiger partial charge in [-0.3, -0.25) is 0 Å². The second kappa shape index (κ2) is 5.92. The standard InChI is InChI=1S/C15H21BrClNO/c1-4-19-14-12(16)7-10(17)8-13(14)18-11-5-6-15(2,3)9-11/h7-8,11,18H,4-6,9H2,1-3H3. The van der Waals surface area contributed by atoms with Gasteiger partial charge in [0.05, 0.1) is 16.8 Å². The van der Waals surface area contributed by atoms with Crippen molar-refractivity contribution in [2.75, 3.05) is 11.9 Å². The predicted molar refractivity (Wildman–Crippen MR) is 85.4 cm³/mol. The van der Waals surface area contributed by atoms with Crippen LogP contribution in [0.2, 0.25) is 5.02 Å². The number of anilines is 1. The second-order valence-corrected chi connectivity index (χ2v) is 7.24. The first-order valence-electron chi connectivity index (χ1n) is 6.79. The molecule has 1 N–H and O–H groups in total. The van der Waals surface area contributed by atoms with Gasteiger partial charge in [-0.05, 0) is 59.7 Å². The zero-order chi connectivity index (χ0) is 14.0. The molecule has 106 valence electrons. The van der Waals surface area contributed by atoms with Crippen molar-refractivity contribution in [3.05, 3.63) is 21.6 Å². The summed E-state index contributed by atoms with van der Waals surface area (Å²) in [7, 11) is 0. The molecule has 0 saturated heterocycles. The van der Waals surface area contributed by atoms with Crippen molar-refractivity contribution in [2.45, 2.75) is 46.1 Å². The van der Waals surface area contributed by atoms with Crippen LogP contribution in [0.5, 0.6) is 5.75 Å². The van der Waals surface area contributed by atoms with Gasteiger partial charge in [-0.25, -0.2) is 0 Å². The van der Waals surface area contributed by atoms with Crippen LogP contribution in [-0.2, 0) is 0 Å². The highest BCUT2D eigenvalue weighted by atomic mass is 79.9. The van der Waals surface area contributed by atoms with E-state index in [0.29, 0.717) is 18.1 Å². The van der Waals surface area contributed by atoms with Crippen LogP contribution in [0.3, 0.4) is 0 Å². The number of ether oxygens (including phenoxy) is 1. The van der Waals surface area contributed by atoms with Gasteiger partial charge in [0, 0.05) is 11.1 Å². The maximum Gasteiger partial charge on any atom is 0.156 e. The van der Waals surface area contributed by atoms with Crippen LogP contribution >= 0.6 is 27.5 Å². The molecular formula is C15H21BrClNO. The molecule has 0 spiro atoms. The van der Waals surface area contributed by atoms with Gasteiger partial charge in [0.1, 0.15) is 0 Å². The first-order chi connectivity index (χ1) is 8.91. The van der Waals surface area contributed by atoms with Gasteiger partial charge in [0.25, 0.3) is 0 Å².